The molecule has 6 nitrogen and oxygen atoms in total. The van der Waals surface area contributed by atoms with Gasteiger partial charge < -0.3 is 0 Å². The molecule has 0 fully saturated rings. The van der Waals surface area contributed by atoms with E-state index in [9.17, 15) is 15.8 Å². The first kappa shape index (κ1) is 23.7. The van der Waals surface area contributed by atoms with Crippen LogP contribution in [-0.2, 0) is 12.8 Å². The quantitative estimate of drug-likeness (QED) is 0.267. The van der Waals surface area contributed by atoms with Crippen molar-refractivity contribution in [3.05, 3.63) is 125 Å². The van der Waals surface area contributed by atoms with E-state index >= 15 is 0 Å². The SMILES string of the molecule is N#Cc1nc(C(Cc2ncc3ccccc3c2C#N)Cc2ncc(C#N)c3ccccc23)cc2ccccc12. The van der Waals surface area contributed by atoms with Gasteiger partial charge in [-0.15, -0.1) is 0 Å². The molecule has 0 aliphatic heterocycles. The summed E-state index contributed by atoms with van der Waals surface area (Å²) in [5.41, 5.74) is 3.65. The summed E-state index contributed by atoms with van der Waals surface area (Å²) < 4.78 is 0. The van der Waals surface area contributed by atoms with E-state index in [-0.39, 0.29) is 5.92 Å². The maximum absolute atomic E-state index is 10.1. The fourth-order valence-corrected chi connectivity index (χ4v) is 5.25. The molecular formula is C33H20N6. The Morgan fingerprint density at radius 1 is 0.615 bits per heavy atom. The zero-order valence-corrected chi connectivity index (χ0v) is 20.8. The molecule has 0 saturated carbocycles. The van der Waals surface area contributed by atoms with Crippen LogP contribution < -0.4 is 0 Å². The lowest BCUT2D eigenvalue weighted by molar-refractivity contribution is 0.641. The van der Waals surface area contributed by atoms with Crippen molar-refractivity contribution < 1.29 is 0 Å². The minimum atomic E-state index is -0.230. The highest BCUT2D eigenvalue weighted by atomic mass is 14.7. The van der Waals surface area contributed by atoms with Crippen LogP contribution in [0.3, 0.4) is 0 Å². The second-order valence-electron chi connectivity index (χ2n) is 9.39. The van der Waals surface area contributed by atoms with E-state index in [2.05, 4.69) is 23.2 Å². The molecule has 0 aliphatic rings. The summed E-state index contributed by atoms with van der Waals surface area (Å²) in [4.78, 5) is 14.2. The summed E-state index contributed by atoms with van der Waals surface area (Å²) in [5.74, 6) is -0.230. The topological polar surface area (TPSA) is 110 Å². The van der Waals surface area contributed by atoms with Gasteiger partial charge in [0.2, 0.25) is 0 Å². The number of fused-ring (bicyclic) bond motifs is 3. The minimum Gasteiger partial charge on any atom is -0.259 e. The number of nitriles is 3. The van der Waals surface area contributed by atoms with Gasteiger partial charge in [-0.25, -0.2) is 4.98 Å². The molecule has 6 heteroatoms. The van der Waals surface area contributed by atoms with Crippen molar-refractivity contribution in [2.24, 2.45) is 0 Å². The van der Waals surface area contributed by atoms with Crippen molar-refractivity contribution in [1.29, 1.82) is 15.8 Å². The highest BCUT2D eigenvalue weighted by molar-refractivity contribution is 5.90. The summed E-state index contributed by atoms with van der Waals surface area (Å²) in [6.45, 7) is 0. The number of hydrogen-bond acceptors (Lipinski definition) is 6. The van der Waals surface area contributed by atoms with Gasteiger partial charge in [-0.3, -0.25) is 9.97 Å². The molecule has 3 aromatic carbocycles. The van der Waals surface area contributed by atoms with Gasteiger partial charge in [0.1, 0.15) is 23.9 Å². The van der Waals surface area contributed by atoms with Gasteiger partial charge in [-0.2, -0.15) is 15.8 Å². The largest absolute Gasteiger partial charge is 0.259 e. The van der Waals surface area contributed by atoms with E-state index in [0.29, 0.717) is 35.4 Å². The molecule has 0 radical (unpaired) electrons. The average Bonchev–Trinajstić information content (AvgIpc) is 3.00. The van der Waals surface area contributed by atoms with Crippen molar-refractivity contribution in [2.45, 2.75) is 18.8 Å². The average molecular weight is 501 g/mol. The lowest BCUT2D eigenvalue weighted by Crippen LogP contribution is -2.13. The number of hydrogen-bond donors (Lipinski definition) is 0. The second kappa shape index (κ2) is 10.0. The Morgan fingerprint density at radius 2 is 1.26 bits per heavy atom. The Labute approximate surface area is 225 Å². The molecule has 182 valence electrons. The fraction of sp³-hybridized carbons (Fsp3) is 0.0909. The van der Waals surface area contributed by atoms with Crippen LogP contribution in [0.15, 0.2) is 91.3 Å². The predicted octanol–water partition coefficient (Wildman–Crippen LogP) is 6.52. The van der Waals surface area contributed by atoms with E-state index in [1.54, 1.807) is 12.4 Å². The van der Waals surface area contributed by atoms with Crippen LogP contribution in [0, 0.1) is 34.0 Å². The first-order chi connectivity index (χ1) is 19.2. The van der Waals surface area contributed by atoms with E-state index < -0.39 is 0 Å². The van der Waals surface area contributed by atoms with Gasteiger partial charge >= 0.3 is 0 Å². The standard InChI is InChI=1S/C33H20N6/c34-16-24-20-38-31(28-12-6-5-10-26(24)28)14-23(30-13-21-7-1-4-11-27(21)33(18-36)39-30)15-32-29(17-35)25-9-3-2-8-22(25)19-37-32/h1-13,19-20,23H,14-15H2. The molecule has 39 heavy (non-hydrogen) atoms. The Balaban J connectivity index is 1.53. The zero-order valence-electron chi connectivity index (χ0n) is 20.8. The van der Waals surface area contributed by atoms with Gasteiger partial charge in [-0.05, 0) is 24.3 Å². The molecule has 0 bridgehead atoms. The normalized spacial score (nSPS) is 11.6. The predicted molar refractivity (Wildman–Crippen MR) is 150 cm³/mol. The molecule has 6 aromatic rings. The fourth-order valence-electron chi connectivity index (χ4n) is 5.25. The minimum absolute atomic E-state index is 0.230. The summed E-state index contributed by atoms with van der Waals surface area (Å²) >= 11 is 0. The van der Waals surface area contributed by atoms with Crippen LogP contribution in [0.25, 0.3) is 32.3 Å². The molecule has 1 unspecified atom stereocenters. The molecular weight excluding hydrogens is 480 g/mol. The summed E-state index contributed by atoms with van der Waals surface area (Å²) in [7, 11) is 0. The molecule has 0 saturated heterocycles. The number of benzene rings is 3. The number of nitrogens with zero attached hydrogens (tertiary/aromatic N) is 6. The Bertz CT molecular complexity index is 2020. The van der Waals surface area contributed by atoms with E-state index in [1.165, 1.54) is 0 Å². The van der Waals surface area contributed by atoms with Crippen LogP contribution >= 0.6 is 0 Å². The third-order valence-electron chi connectivity index (χ3n) is 7.15. The molecule has 0 spiro atoms. The highest BCUT2D eigenvalue weighted by Gasteiger charge is 2.22. The molecule has 0 aliphatic carbocycles. The second-order valence-corrected chi connectivity index (χ2v) is 9.39. The third-order valence-corrected chi connectivity index (χ3v) is 7.15. The molecule has 3 aromatic heterocycles. The number of rotatable bonds is 5. The van der Waals surface area contributed by atoms with Crippen molar-refractivity contribution in [2.75, 3.05) is 0 Å². The van der Waals surface area contributed by atoms with Crippen LogP contribution in [0.5, 0.6) is 0 Å². The highest BCUT2D eigenvalue weighted by Crippen LogP contribution is 2.32. The smallest absolute Gasteiger partial charge is 0.148 e. The monoisotopic (exact) mass is 500 g/mol. The zero-order chi connectivity index (χ0) is 26.8. The van der Waals surface area contributed by atoms with Crippen LogP contribution in [-0.4, -0.2) is 15.0 Å². The van der Waals surface area contributed by atoms with Crippen LogP contribution in [0.2, 0.25) is 0 Å². The first-order valence-electron chi connectivity index (χ1n) is 12.5. The van der Waals surface area contributed by atoms with E-state index in [0.717, 1.165) is 43.7 Å². The maximum Gasteiger partial charge on any atom is 0.148 e. The third kappa shape index (κ3) is 4.29. The summed E-state index contributed by atoms with van der Waals surface area (Å²) in [5, 5.41) is 34.9. The van der Waals surface area contributed by atoms with Gasteiger partial charge in [0, 0.05) is 56.6 Å². The molecule has 0 amide bonds. The van der Waals surface area contributed by atoms with Crippen LogP contribution in [0.4, 0.5) is 0 Å². The lowest BCUT2D eigenvalue weighted by atomic mass is 9.88. The Hall–Kier alpha value is -5.64. The van der Waals surface area contributed by atoms with Gasteiger partial charge in [-0.1, -0.05) is 72.8 Å². The van der Waals surface area contributed by atoms with E-state index in [4.69, 9.17) is 9.97 Å². The maximum atomic E-state index is 10.1. The van der Waals surface area contributed by atoms with Gasteiger partial charge in [0.05, 0.1) is 16.8 Å². The lowest BCUT2D eigenvalue weighted by Gasteiger charge is -2.19. The molecule has 3 heterocycles. The van der Waals surface area contributed by atoms with Crippen molar-refractivity contribution in [3.63, 3.8) is 0 Å². The number of pyridine rings is 3. The summed E-state index contributed by atoms with van der Waals surface area (Å²) in [6, 6.07) is 32.0. The molecule has 0 N–H and O–H groups in total. The number of aromatic nitrogens is 3. The summed E-state index contributed by atoms with van der Waals surface area (Å²) in [6.07, 6.45) is 4.33. The Morgan fingerprint density at radius 3 is 2.00 bits per heavy atom. The molecule has 6 rings (SSSR count). The van der Waals surface area contributed by atoms with Gasteiger partial charge in [0.25, 0.3) is 0 Å². The van der Waals surface area contributed by atoms with Crippen molar-refractivity contribution >= 4 is 32.3 Å². The Kier molecular flexibility index (Phi) is 6.10. The van der Waals surface area contributed by atoms with Crippen molar-refractivity contribution in [3.8, 4) is 18.2 Å². The van der Waals surface area contributed by atoms with E-state index in [1.807, 2.05) is 78.9 Å². The molecule has 1 atom stereocenters. The van der Waals surface area contributed by atoms with Crippen molar-refractivity contribution in [1.82, 2.24) is 15.0 Å². The van der Waals surface area contributed by atoms with Crippen LogP contribution in [0.1, 0.15) is 39.8 Å². The van der Waals surface area contributed by atoms with Gasteiger partial charge in [0.15, 0.2) is 0 Å². The first-order valence-corrected chi connectivity index (χ1v) is 12.5.